The smallest absolute Gasteiger partial charge is 0.331 e. The molecule has 0 aromatic carbocycles. The average Bonchev–Trinajstić information content (AvgIpc) is 2.61. The quantitative estimate of drug-likeness (QED) is 0.866. The van der Waals surface area contributed by atoms with Crippen molar-refractivity contribution >= 4 is 21.9 Å². The van der Waals surface area contributed by atoms with Crippen LogP contribution in [0.3, 0.4) is 0 Å². The Balaban J connectivity index is 2.95. The van der Waals surface area contributed by atoms with E-state index in [1.165, 1.54) is 0 Å². The number of carboxylic acids is 1. The maximum absolute atomic E-state index is 11.2. The molecule has 84 valence electrons. The van der Waals surface area contributed by atoms with E-state index in [-0.39, 0.29) is 0 Å². The summed E-state index contributed by atoms with van der Waals surface area (Å²) in [6, 6.07) is 3.34. The molecule has 4 nitrogen and oxygen atoms in total. The van der Waals surface area contributed by atoms with E-state index in [0.29, 0.717) is 17.0 Å². The highest BCUT2D eigenvalue weighted by Crippen LogP contribution is 2.25. The Kier molecular flexibility index (Phi) is 3.93. The van der Waals surface area contributed by atoms with Crippen LogP contribution in [0.15, 0.2) is 21.2 Å². The highest BCUT2D eigenvalue weighted by Gasteiger charge is 2.37. The topological polar surface area (TPSA) is 62.5 Å². The van der Waals surface area contributed by atoms with Gasteiger partial charge in [0.15, 0.2) is 10.2 Å². The van der Waals surface area contributed by atoms with Crippen molar-refractivity contribution in [3.8, 4) is 0 Å². The molecule has 0 saturated heterocycles. The van der Waals surface area contributed by atoms with Crippen LogP contribution in [-0.4, -0.2) is 17.6 Å². The van der Waals surface area contributed by atoms with Gasteiger partial charge in [-0.05, 0) is 48.0 Å². The van der Waals surface area contributed by atoms with Gasteiger partial charge in [0.1, 0.15) is 5.76 Å². The van der Waals surface area contributed by atoms with Crippen LogP contribution in [0.5, 0.6) is 0 Å². The van der Waals surface area contributed by atoms with Crippen molar-refractivity contribution in [2.24, 2.45) is 0 Å². The zero-order valence-corrected chi connectivity index (χ0v) is 10.3. The summed E-state index contributed by atoms with van der Waals surface area (Å²) in [5, 5.41) is 12.1. The summed E-state index contributed by atoms with van der Waals surface area (Å²) in [6.45, 7) is 4.20. The third-order valence-electron chi connectivity index (χ3n) is 2.22. The first kappa shape index (κ1) is 12.3. The normalized spacial score (nSPS) is 14.9. The van der Waals surface area contributed by atoms with E-state index in [0.717, 1.165) is 6.42 Å². The van der Waals surface area contributed by atoms with E-state index >= 15 is 0 Å². The van der Waals surface area contributed by atoms with Gasteiger partial charge in [0.2, 0.25) is 0 Å². The predicted molar refractivity (Wildman–Crippen MR) is 59.7 cm³/mol. The van der Waals surface area contributed by atoms with Crippen molar-refractivity contribution < 1.29 is 14.3 Å². The lowest BCUT2D eigenvalue weighted by Gasteiger charge is -2.23. The Labute approximate surface area is 96.8 Å². The highest BCUT2D eigenvalue weighted by molar-refractivity contribution is 9.10. The molecule has 0 radical (unpaired) electrons. The van der Waals surface area contributed by atoms with Crippen molar-refractivity contribution in [1.82, 2.24) is 5.32 Å². The molecular weight excluding hydrogens is 262 g/mol. The molecule has 0 spiro atoms. The Morgan fingerprint density at radius 2 is 2.33 bits per heavy atom. The number of nitrogens with one attached hydrogen (secondary N) is 1. The summed E-state index contributed by atoms with van der Waals surface area (Å²) in [7, 11) is 0. The summed E-state index contributed by atoms with van der Waals surface area (Å²) in [4.78, 5) is 11.2. The van der Waals surface area contributed by atoms with Gasteiger partial charge in [0.25, 0.3) is 0 Å². The Morgan fingerprint density at radius 1 is 1.67 bits per heavy atom. The number of hydrogen-bond acceptors (Lipinski definition) is 3. The Bertz CT molecular complexity index is 350. The second-order valence-electron chi connectivity index (χ2n) is 3.46. The summed E-state index contributed by atoms with van der Waals surface area (Å²) < 4.78 is 5.81. The predicted octanol–water partition coefficient (Wildman–Crippen LogP) is 2.34. The molecule has 0 fully saturated rings. The molecule has 15 heavy (non-hydrogen) atoms. The lowest BCUT2D eigenvalue weighted by molar-refractivity contribution is -0.145. The van der Waals surface area contributed by atoms with Crippen molar-refractivity contribution in [3.05, 3.63) is 22.6 Å². The third kappa shape index (κ3) is 2.60. The molecule has 0 aliphatic heterocycles. The van der Waals surface area contributed by atoms with Crippen LogP contribution < -0.4 is 5.32 Å². The van der Waals surface area contributed by atoms with Gasteiger partial charge >= 0.3 is 5.97 Å². The van der Waals surface area contributed by atoms with E-state index in [2.05, 4.69) is 21.2 Å². The van der Waals surface area contributed by atoms with E-state index in [9.17, 15) is 9.90 Å². The van der Waals surface area contributed by atoms with Gasteiger partial charge in [-0.3, -0.25) is 5.32 Å². The fourth-order valence-corrected chi connectivity index (χ4v) is 1.53. The molecular formula is C10H14BrNO3. The van der Waals surface area contributed by atoms with Crippen LogP contribution >= 0.6 is 15.9 Å². The number of hydrogen-bond donors (Lipinski definition) is 2. The summed E-state index contributed by atoms with van der Waals surface area (Å²) >= 11 is 3.15. The van der Waals surface area contributed by atoms with Crippen LogP contribution in [0.4, 0.5) is 0 Å². The van der Waals surface area contributed by atoms with Crippen molar-refractivity contribution in [3.63, 3.8) is 0 Å². The second kappa shape index (κ2) is 4.81. The molecule has 0 aliphatic rings. The molecule has 1 aromatic heterocycles. The molecule has 1 rings (SSSR count). The van der Waals surface area contributed by atoms with Gasteiger partial charge in [0, 0.05) is 0 Å². The first-order valence-electron chi connectivity index (χ1n) is 4.75. The molecule has 1 atom stereocenters. The number of carboxylic acid groups (broad SMARTS) is 1. The van der Waals surface area contributed by atoms with Crippen LogP contribution in [-0.2, 0) is 10.3 Å². The molecule has 0 aliphatic carbocycles. The molecule has 1 heterocycles. The fraction of sp³-hybridized carbons (Fsp3) is 0.500. The standard InChI is InChI=1S/C10H14BrNO3/c1-3-6-12-10(2,9(13)14)7-4-5-8(11)15-7/h4-5,12H,3,6H2,1-2H3,(H,13,14). The molecule has 0 amide bonds. The van der Waals surface area contributed by atoms with Gasteiger partial charge in [-0.15, -0.1) is 0 Å². The summed E-state index contributed by atoms with van der Waals surface area (Å²) in [5.74, 6) is -0.548. The van der Waals surface area contributed by atoms with Gasteiger partial charge in [-0.1, -0.05) is 6.92 Å². The molecule has 0 bridgehead atoms. The van der Waals surface area contributed by atoms with Crippen LogP contribution in [0.2, 0.25) is 0 Å². The molecule has 5 heteroatoms. The monoisotopic (exact) mass is 275 g/mol. The van der Waals surface area contributed by atoms with E-state index in [1.807, 2.05) is 6.92 Å². The van der Waals surface area contributed by atoms with E-state index < -0.39 is 11.5 Å². The van der Waals surface area contributed by atoms with Crippen LogP contribution in [0, 0.1) is 0 Å². The number of rotatable bonds is 5. The Morgan fingerprint density at radius 3 is 2.73 bits per heavy atom. The summed E-state index contributed by atoms with van der Waals surface area (Å²) in [6.07, 6.45) is 0.866. The number of halogens is 1. The lowest BCUT2D eigenvalue weighted by atomic mass is 9.99. The van der Waals surface area contributed by atoms with Gasteiger partial charge < -0.3 is 9.52 Å². The third-order valence-corrected chi connectivity index (χ3v) is 2.65. The van der Waals surface area contributed by atoms with Crippen molar-refractivity contribution in [2.75, 3.05) is 6.54 Å². The van der Waals surface area contributed by atoms with Crippen LogP contribution in [0.25, 0.3) is 0 Å². The molecule has 0 saturated carbocycles. The van der Waals surface area contributed by atoms with Gasteiger partial charge in [0.05, 0.1) is 0 Å². The number of furan rings is 1. The zero-order valence-electron chi connectivity index (χ0n) is 8.71. The summed E-state index contributed by atoms with van der Waals surface area (Å²) in [5.41, 5.74) is -1.16. The lowest BCUT2D eigenvalue weighted by Crippen LogP contribution is -2.46. The van der Waals surface area contributed by atoms with Crippen molar-refractivity contribution in [2.45, 2.75) is 25.8 Å². The molecule has 1 unspecified atom stereocenters. The highest BCUT2D eigenvalue weighted by atomic mass is 79.9. The minimum atomic E-state index is -1.16. The molecule has 1 aromatic rings. The van der Waals surface area contributed by atoms with E-state index in [1.54, 1.807) is 19.1 Å². The Hall–Kier alpha value is -0.810. The van der Waals surface area contributed by atoms with Gasteiger partial charge in [-0.25, -0.2) is 4.79 Å². The van der Waals surface area contributed by atoms with E-state index in [4.69, 9.17) is 4.42 Å². The fourth-order valence-electron chi connectivity index (χ4n) is 1.23. The van der Waals surface area contributed by atoms with Crippen LogP contribution in [0.1, 0.15) is 26.0 Å². The number of carbonyl (C=O) groups is 1. The SMILES string of the molecule is CCCNC(C)(C(=O)O)c1ccc(Br)o1. The zero-order chi connectivity index (χ0) is 11.5. The maximum atomic E-state index is 11.2. The number of aliphatic carboxylic acids is 1. The molecule has 2 N–H and O–H groups in total. The first-order chi connectivity index (χ1) is 7.00. The van der Waals surface area contributed by atoms with Crippen molar-refractivity contribution in [1.29, 1.82) is 0 Å². The first-order valence-corrected chi connectivity index (χ1v) is 5.54. The maximum Gasteiger partial charge on any atom is 0.331 e. The van der Waals surface area contributed by atoms with Gasteiger partial charge in [-0.2, -0.15) is 0 Å². The minimum Gasteiger partial charge on any atom is -0.480 e. The average molecular weight is 276 g/mol. The second-order valence-corrected chi connectivity index (χ2v) is 4.24. The minimum absolute atomic E-state index is 0.398. The largest absolute Gasteiger partial charge is 0.480 e.